The highest BCUT2D eigenvalue weighted by Crippen LogP contribution is 2.20. The summed E-state index contributed by atoms with van der Waals surface area (Å²) in [5, 5.41) is 13.2. The average Bonchev–Trinajstić information content (AvgIpc) is 2.53. The van der Waals surface area contributed by atoms with Crippen LogP contribution in [0.4, 0.5) is 4.79 Å². The highest BCUT2D eigenvalue weighted by atomic mass is 16.6. The predicted molar refractivity (Wildman–Crippen MR) is 109 cm³/mol. The van der Waals surface area contributed by atoms with E-state index in [4.69, 9.17) is 9.47 Å². The van der Waals surface area contributed by atoms with Crippen LogP contribution < -0.4 is 5.32 Å². The van der Waals surface area contributed by atoms with E-state index < -0.39 is 35.2 Å². The fourth-order valence-electron chi connectivity index (χ4n) is 2.57. The number of amides is 1. The second-order valence-electron chi connectivity index (χ2n) is 8.21. The molecule has 28 heavy (non-hydrogen) atoms. The molecule has 1 aromatic rings. The van der Waals surface area contributed by atoms with E-state index in [9.17, 15) is 14.7 Å². The minimum atomic E-state index is -1.30. The number of hydrogen-bond acceptors (Lipinski definition) is 5. The maximum absolute atomic E-state index is 12.2. The average molecular weight is 392 g/mol. The molecule has 6 nitrogen and oxygen atoms in total. The Morgan fingerprint density at radius 3 is 2.21 bits per heavy atom. The number of benzene rings is 1. The molecule has 0 radical (unpaired) electrons. The van der Waals surface area contributed by atoms with Gasteiger partial charge in [0.25, 0.3) is 0 Å². The molecule has 1 amide bonds. The lowest BCUT2D eigenvalue weighted by Gasteiger charge is -2.26. The number of ether oxygens (including phenoxy) is 2. The highest BCUT2D eigenvalue weighted by molar-refractivity contribution is 5.76. The molecule has 0 bridgehead atoms. The van der Waals surface area contributed by atoms with Crippen LogP contribution in [0.25, 0.3) is 0 Å². The van der Waals surface area contributed by atoms with Gasteiger partial charge in [0.15, 0.2) is 0 Å². The van der Waals surface area contributed by atoms with E-state index in [1.54, 1.807) is 53.7 Å². The normalized spacial score (nSPS) is 14.4. The number of alkyl carbamates (subject to hydrolysis) is 1. The van der Waals surface area contributed by atoms with Gasteiger partial charge in [0.2, 0.25) is 0 Å². The number of hydrogen-bond donors (Lipinski definition) is 2. The summed E-state index contributed by atoms with van der Waals surface area (Å²) >= 11 is 0. The Labute approximate surface area is 167 Å². The van der Waals surface area contributed by atoms with Crippen molar-refractivity contribution in [1.82, 2.24) is 5.32 Å². The number of aliphatic hydroxyl groups is 1. The summed E-state index contributed by atoms with van der Waals surface area (Å²) < 4.78 is 10.4. The molecule has 0 aromatic heterocycles. The van der Waals surface area contributed by atoms with Crippen molar-refractivity contribution in [3.05, 3.63) is 48.0 Å². The molecule has 0 saturated heterocycles. The topological polar surface area (TPSA) is 84.9 Å². The fourth-order valence-corrected chi connectivity index (χ4v) is 2.57. The Bertz CT molecular complexity index is 656. The number of esters is 1. The molecule has 1 rings (SSSR count). The summed E-state index contributed by atoms with van der Waals surface area (Å²) in [6, 6.07) is 9.24. The fraction of sp³-hybridized carbons (Fsp3) is 0.545. The van der Waals surface area contributed by atoms with Gasteiger partial charge in [-0.3, -0.25) is 4.79 Å². The molecular formula is C22H33NO5. The zero-order chi connectivity index (χ0) is 21.4. The summed E-state index contributed by atoms with van der Waals surface area (Å²) in [5.41, 5.74) is -0.901. The summed E-state index contributed by atoms with van der Waals surface area (Å²) in [7, 11) is 0. The van der Waals surface area contributed by atoms with E-state index in [-0.39, 0.29) is 6.61 Å². The maximum Gasteiger partial charge on any atom is 0.408 e. The van der Waals surface area contributed by atoms with Crippen LogP contribution in [0, 0.1) is 5.92 Å². The van der Waals surface area contributed by atoms with Crippen molar-refractivity contribution in [1.29, 1.82) is 0 Å². The van der Waals surface area contributed by atoms with Crippen LogP contribution >= 0.6 is 0 Å². The van der Waals surface area contributed by atoms with Crippen molar-refractivity contribution < 1.29 is 24.2 Å². The van der Waals surface area contributed by atoms with E-state index >= 15 is 0 Å². The van der Waals surface area contributed by atoms with Crippen LogP contribution in [-0.2, 0) is 20.7 Å². The molecular weight excluding hydrogens is 358 g/mol. The van der Waals surface area contributed by atoms with Crippen LogP contribution in [0.3, 0.4) is 0 Å². The minimum Gasteiger partial charge on any atom is -0.465 e. The lowest BCUT2D eigenvalue weighted by Crippen LogP contribution is -2.40. The first-order chi connectivity index (χ1) is 12.9. The van der Waals surface area contributed by atoms with E-state index in [1.165, 1.54) is 0 Å². The molecule has 0 aliphatic rings. The third kappa shape index (κ3) is 9.04. The molecule has 1 aromatic carbocycles. The van der Waals surface area contributed by atoms with Gasteiger partial charge in [0.1, 0.15) is 11.5 Å². The van der Waals surface area contributed by atoms with Crippen molar-refractivity contribution in [2.45, 2.75) is 65.2 Å². The summed E-state index contributed by atoms with van der Waals surface area (Å²) in [6.45, 7) is 10.4. The van der Waals surface area contributed by atoms with Gasteiger partial charge in [0, 0.05) is 0 Å². The minimum absolute atomic E-state index is 0.225. The lowest BCUT2D eigenvalue weighted by atomic mass is 9.89. The highest BCUT2D eigenvalue weighted by Gasteiger charge is 2.32. The largest absolute Gasteiger partial charge is 0.465 e. The first kappa shape index (κ1) is 23.7. The molecule has 1 unspecified atom stereocenters. The van der Waals surface area contributed by atoms with Gasteiger partial charge in [-0.2, -0.15) is 0 Å². The van der Waals surface area contributed by atoms with Gasteiger partial charge in [-0.1, -0.05) is 42.5 Å². The van der Waals surface area contributed by atoms with Crippen molar-refractivity contribution in [2.24, 2.45) is 5.92 Å². The van der Waals surface area contributed by atoms with Gasteiger partial charge < -0.3 is 19.9 Å². The zero-order valence-electron chi connectivity index (χ0n) is 17.7. The monoisotopic (exact) mass is 391 g/mol. The van der Waals surface area contributed by atoms with Gasteiger partial charge in [-0.15, -0.1) is 0 Å². The van der Waals surface area contributed by atoms with Gasteiger partial charge in [-0.05, 0) is 53.5 Å². The number of carbonyl (C=O) groups is 2. The third-order valence-electron chi connectivity index (χ3n) is 3.84. The Kier molecular flexibility index (Phi) is 8.69. The maximum atomic E-state index is 12.2. The second kappa shape index (κ2) is 10.3. The van der Waals surface area contributed by atoms with E-state index in [0.717, 1.165) is 5.56 Å². The van der Waals surface area contributed by atoms with E-state index in [0.29, 0.717) is 6.42 Å². The summed E-state index contributed by atoms with van der Waals surface area (Å²) in [6.07, 6.45) is 3.26. The molecule has 2 N–H and O–H groups in total. The smallest absolute Gasteiger partial charge is 0.408 e. The number of rotatable bonds is 8. The summed E-state index contributed by atoms with van der Waals surface area (Å²) in [4.78, 5) is 24.5. The third-order valence-corrected chi connectivity index (χ3v) is 3.84. The standard InChI is InChI=1S/C22H33NO5/c1-7-27-19(24)18(22(5,6)26)14-13-17(15-16-11-9-8-10-12-16)23-20(25)28-21(2,3)4/h8-14,17-18,26H,7,15H2,1-6H3,(H,23,25)/b14-13+/t17-,18?/m1/s1. The van der Waals surface area contributed by atoms with Crippen LogP contribution in [0.5, 0.6) is 0 Å². The molecule has 2 atom stereocenters. The van der Waals surface area contributed by atoms with Crippen molar-refractivity contribution in [3.8, 4) is 0 Å². The molecule has 0 aliphatic carbocycles. The van der Waals surface area contributed by atoms with Gasteiger partial charge >= 0.3 is 12.1 Å². The van der Waals surface area contributed by atoms with Crippen LogP contribution in [0.1, 0.15) is 47.1 Å². The first-order valence-corrected chi connectivity index (χ1v) is 9.53. The molecule has 0 saturated carbocycles. The van der Waals surface area contributed by atoms with Gasteiger partial charge in [-0.25, -0.2) is 4.79 Å². The van der Waals surface area contributed by atoms with Crippen LogP contribution in [-0.4, -0.2) is 41.0 Å². The first-order valence-electron chi connectivity index (χ1n) is 9.53. The number of nitrogens with one attached hydrogen (secondary N) is 1. The lowest BCUT2D eigenvalue weighted by molar-refractivity contribution is -0.153. The van der Waals surface area contributed by atoms with Crippen LogP contribution in [0.2, 0.25) is 0 Å². The van der Waals surface area contributed by atoms with Crippen LogP contribution in [0.15, 0.2) is 42.5 Å². The number of carbonyl (C=O) groups excluding carboxylic acids is 2. The molecule has 0 spiro atoms. The Morgan fingerprint density at radius 2 is 1.71 bits per heavy atom. The molecule has 0 fully saturated rings. The Hall–Kier alpha value is -2.34. The van der Waals surface area contributed by atoms with Crippen molar-refractivity contribution in [3.63, 3.8) is 0 Å². The molecule has 0 aliphatic heterocycles. The predicted octanol–water partition coefficient (Wildman–Crippen LogP) is 3.63. The molecule has 6 heteroatoms. The quantitative estimate of drug-likeness (QED) is 0.522. The van der Waals surface area contributed by atoms with Gasteiger partial charge in [0.05, 0.1) is 18.2 Å². The SMILES string of the molecule is CCOC(=O)C(/C=C/[C@H](Cc1ccccc1)NC(=O)OC(C)(C)C)C(C)(C)O. The Morgan fingerprint density at radius 1 is 1.11 bits per heavy atom. The van der Waals surface area contributed by atoms with E-state index in [1.807, 2.05) is 30.3 Å². The summed E-state index contributed by atoms with van der Waals surface area (Å²) in [5.74, 6) is -1.37. The van der Waals surface area contributed by atoms with Crippen molar-refractivity contribution in [2.75, 3.05) is 6.61 Å². The Balaban J connectivity index is 3.02. The molecule has 0 heterocycles. The van der Waals surface area contributed by atoms with E-state index in [2.05, 4.69) is 5.32 Å². The zero-order valence-corrected chi connectivity index (χ0v) is 17.7. The van der Waals surface area contributed by atoms with Crippen molar-refractivity contribution >= 4 is 12.1 Å². The second-order valence-corrected chi connectivity index (χ2v) is 8.21. The molecule has 156 valence electrons.